The lowest BCUT2D eigenvalue weighted by Gasteiger charge is -2.61. The van der Waals surface area contributed by atoms with Crippen molar-refractivity contribution in [3.05, 3.63) is 153 Å². The van der Waals surface area contributed by atoms with Gasteiger partial charge in [0, 0.05) is 61.5 Å². The van der Waals surface area contributed by atoms with Crippen LogP contribution in [0.15, 0.2) is 108 Å². The molecule has 438 valence electrons. The Kier molecular flexibility index (Phi) is 16.8. The van der Waals surface area contributed by atoms with Crippen molar-refractivity contribution >= 4 is 63.5 Å². The van der Waals surface area contributed by atoms with Crippen LogP contribution in [-0.4, -0.2) is 129 Å². The van der Waals surface area contributed by atoms with Crippen molar-refractivity contribution in [2.24, 2.45) is 4.99 Å². The van der Waals surface area contributed by atoms with Gasteiger partial charge < -0.3 is 29.2 Å². The Labute approximate surface area is 498 Å². The number of halogens is 4. The minimum atomic E-state index is -0.645. The first kappa shape index (κ1) is 60.7. The van der Waals surface area contributed by atoms with Crippen LogP contribution in [0.2, 0.25) is 10.0 Å². The standard InChI is InChI=1S/C33H34ClFN8O2.C30H35ClFN5O2/c1-8-26(44)41-15-20(7)42(16-19(41)6)31-22-13-23(34)29(21-11-9-10-12-24(21)35)39-32(22)43(33(45)40-31)30-27(17(2)3)37-25(14-36)38-28(30)18(4)5;1-9-24(38)35-15-18(3)36(16-17(35)2)26-21-14-22(31)25(20-12-10-11-13-23(20)32)34-27(21)37(19(4)33-26)28-29(5,6)39-30(28,7)8/h8-13,17-20H,1,15-16H2,2-7H3;9-14,17-18,28H,1,4,15-16H2,2-3,5-8H3. The van der Waals surface area contributed by atoms with Gasteiger partial charge in [-0.15, -0.1) is 0 Å². The summed E-state index contributed by atoms with van der Waals surface area (Å²) >= 11 is 13.6. The summed E-state index contributed by atoms with van der Waals surface area (Å²) in [5, 5.41) is 10.6. The maximum Gasteiger partial charge on any atom is 0.355 e. The van der Waals surface area contributed by atoms with Crippen molar-refractivity contribution in [2.45, 2.75) is 136 Å². The van der Waals surface area contributed by atoms with Gasteiger partial charge in [-0.3, -0.25) is 9.59 Å². The number of rotatable bonds is 9. The van der Waals surface area contributed by atoms with Gasteiger partial charge in [0.2, 0.25) is 17.6 Å². The largest absolute Gasteiger partial charge is 0.365 e. The zero-order valence-corrected chi connectivity index (χ0v) is 50.9. The molecule has 2 aromatic carbocycles. The molecule has 4 unspecified atom stereocenters. The van der Waals surface area contributed by atoms with Gasteiger partial charge in [0.15, 0.2) is 5.65 Å². The third kappa shape index (κ3) is 11.0. The molecule has 8 heterocycles. The fourth-order valence-corrected chi connectivity index (χ4v) is 12.8. The normalized spacial score (nSPS) is 20.2. The molecule has 6 aromatic rings. The van der Waals surface area contributed by atoms with Crippen LogP contribution in [0.25, 0.3) is 39.2 Å². The Morgan fingerprint density at radius 1 is 0.702 bits per heavy atom. The lowest BCUT2D eigenvalue weighted by Crippen LogP contribution is -2.74. The zero-order valence-electron chi connectivity index (χ0n) is 49.4. The molecule has 84 heavy (non-hydrogen) atoms. The quantitative estimate of drug-likeness (QED) is 0.125. The molecule has 0 bridgehead atoms. The maximum atomic E-state index is 15.1. The van der Waals surface area contributed by atoms with Crippen molar-refractivity contribution in [2.75, 3.05) is 36.0 Å². The summed E-state index contributed by atoms with van der Waals surface area (Å²) in [4.78, 5) is 77.5. The van der Waals surface area contributed by atoms with Gasteiger partial charge in [-0.1, -0.05) is 94.9 Å². The number of carbonyl (C=O) groups excluding carboxylic acids is 2. The van der Waals surface area contributed by atoms with Crippen LogP contribution in [-0.2, 0) is 14.3 Å². The molecule has 4 aliphatic heterocycles. The van der Waals surface area contributed by atoms with Crippen LogP contribution in [0.3, 0.4) is 0 Å². The number of piperazine rings is 2. The van der Waals surface area contributed by atoms with Gasteiger partial charge in [0.1, 0.15) is 41.0 Å². The summed E-state index contributed by atoms with van der Waals surface area (Å²) in [6, 6.07) is 17.4. The zero-order chi connectivity index (χ0) is 61.2. The van der Waals surface area contributed by atoms with Crippen LogP contribution in [0.5, 0.6) is 0 Å². The third-order valence-electron chi connectivity index (χ3n) is 15.9. The van der Waals surface area contributed by atoms with Crippen LogP contribution < -0.4 is 15.5 Å². The number of aliphatic imine (C=N–C) groups is 1. The van der Waals surface area contributed by atoms with Crippen LogP contribution in [0, 0.1) is 23.0 Å². The molecular formula is C63H69Cl2F2N13O4. The number of benzene rings is 2. The first-order chi connectivity index (χ1) is 39.6. The van der Waals surface area contributed by atoms with E-state index < -0.39 is 28.5 Å². The summed E-state index contributed by atoms with van der Waals surface area (Å²) in [6.07, 6.45) is 2.64. The van der Waals surface area contributed by atoms with Gasteiger partial charge in [0.05, 0.1) is 66.7 Å². The lowest BCUT2D eigenvalue weighted by atomic mass is 9.76. The van der Waals surface area contributed by atoms with Gasteiger partial charge in [-0.05, 0) is 116 Å². The summed E-state index contributed by atoms with van der Waals surface area (Å²) in [5.74, 6) is 0.538. The maximum absolute atomic E-state index is 15.1. The van der Waals surface area contributed by atoms with E-state index in [0.29, 0.717) is 88.2 Å². The Balaban J connectivity index is 0.000000204. The van der Waals surface area contributed by atoms with E-state index >= 15 is 4.39 Å². The molecule has 4 atom stereocenters. The summed E-state index contributed by atoms with van der Waals surface area (Å²) in [5.41, 5.74) is 1.60. The molecule has 0 N–H and O–H groups in total. The Bertz CT molecular complexity index is 3780. The minimum absolute atomic E-state index is 0.00844. The monoisotopic (exact) mass is 1180 g/mol. The van der Waals surface area contributed by atoms with Gasteiger partial charge in [0.25, 0.3) is 0 Å². The second kappa shape index (κ2) is 23.3. The van der Waals surface area contributed by atoms with Crippen LogP contribution in [0.4, 0.5) is 20.4 Å². The number of hydrogen-bond donors (Lipinski definition) is 0. The summed E-state index contributed by atoms with van der Waals surface area (Å²) in [6.45, 7) is 37.2. The number of nitriles is 1. The van der Waals surface area contributed by atoms with Crippen LogP contribution in [0.1, 0.15) is 118 Å². The first-order valence-electron chi connectivity index (χ1n) is 28.0. The highest BCUT2D eigenvalue weighted by Gasteiger charge is 2.59. The highest BCUT2D eigenvalue weighted by Crippen LogP contribution is 2.50. The number of amides is 2. The van der Waals surface area contributed by atoms with Gasteiger partial charge in [-0.2, -0.15) is 10.2 Å². The molecule has 3 fully saturated rings. The molecular weight excluding hydrogens is 1110 g/mol. The number of amidine groups is 1. The van der Waals surface area contributed by atoms with Crippen LogP contribution >= 0.6 is 23.2 Å². The average Bonchev–Trinajstić information content (AvgIpc) is 0.897. The number of aromatic nitrogens is 6. The second-order valence-electron chi connectivity index (χ2n) is 23.5. The van der Waals surface area contributed by atoms with Crippen molar-refractivity contribution < 1.29 is 23.1 Å². The van der Waals surface area contributed by atoms with E-state index in [1.54, 1.807) is 47.4 Å². The van der Waals surface area contributed by atoms with Crippen molar-refractivity contribution in [3.8, 4) is 34.3 Å². The van der Waals surface area contributed by atoms with Gasteiger partial charge >= 0.3 is 5.69 Å². The Morgan fingerprint density at radius 2 is 1.19 bits per heavy atom. The number of anilines is 2. The number of pyridine rings is 2. The van der Waals surface area contributed by atoms with Crippen molar-refractivity contribution in [1.29, 1.82) is 5.26 Å². The molecule has 4 aromatic heterocycles. The lowest BCUT2D eigenvalue weighted by molar-refractivity contribution is -0.255. The number of hydrogen-bond acceptors (Lipinski definition) is 14. The molecule has 3 saturated heterocycles. The fraction of sp³-hybridized carbons (Fsp3) is 0.397. The number of nitrogens with zero attached hydrogens (tertiary/aromatic N) is 13. The molecule has 17 nitrogen and oxygen atoms in total. The Morgan fingerprint density at radius 3 is 1.68 bits per heavy atom. The van der Waals surface area contributed by atoms with E-state index in [0.717, 1.165) is 5.56 Å². The van der Waals surface area contributed by atoms with E-state index in [1.165, 1.54) is 28.9 Å². The highest BCUT2D eigenvalue weighted by molar-refractivity contribution is 6.34. The van der Waals surface area contributed by atoms with Crippen molar-refractivity contribution in [3.63, 3.8) is 0 Å². The third-order valence-corrected chi connectivity index (χ3v) is 16.5. The molecule has 0 spiro atoms. The van der Waals surface area contributed by atoms with E-state index in [4.69, 9.17) is 42.9 Å². The molecule has 10 rings (SSSR count). The topological polar surface area (TPSA) is 182 Å². The minimum Gasteiger partial charge on any atom is -0.365 e. The number of fused-ring (bicyclic) bond motifs is 2. The molecule has 2 amide bonds. The molecule has 21 heteroatoms. The second-order valence-corrected chi connectivity index (χ2v) is 24.3. The fourth-order valence-electron chi connectivity index (χ4n) is 12.3. The van der Waals surface area contributed by atoms with E-state index in [2.05, 4.69) is 46.5 Å². The summed E-state index contributed by atoms with van der Waals surface area (Å²) in [7, 11) is 0. The van der Waals surface area contributed by atoms with E-state index in [1.807, 2.05) is 103 Å². The summed E-state index contributed by atoms with van der Waals surface area (Å²) < 4.78 is 37.6. The predicted octanol–water partition coefficient (Wildman–Crippen LogP) is 11.4. The molecule has 0 aliphatic carbocycles. The molecule has 0 saturated carbocycles. The Hall–Kier alpha value is -7.92. The predicted molar refractivity (Wildman–Crippen MR) is 326 cm³/mol. The number of carbonyl (C=O) groups is 2. The smallest absolute Gasteiger partial charge is 0.355 e. The van der Waals surface area contributed by atoms with E-state index in [9.17, 15) is 24.0 Å². The average molecular weight is 1180 g/mol. The van der Waals surface area contributed by atoms with Crippen molar-refractivity contribution in [1.82, 2.24) is 44.2 Å². The first-order valence-corrected chi connectivity index (χ1v) is 28.7. The van der Waals surface area contributed by atoms with Gasteiger partial charge in [-0.25, -0.2) is 43.1 Å². The molecule has 0 radical (unpaired) electrons. The molecule has 4 aliphatic rings. The number of ether oxygens (including phenoxy) is 1. The van der Waals surface area contributed by atoms with E-state index in [-0.39, 0.29) is 81.6 Å². The highest BCUT2D eigenvalue weighted by atomic mass is 35.5. The SMILES string of the molecule is C=CC(=O)N1CC(C)N(C2=NC(=C)N(C3C(C)(C)OC3(C)C)c3nc(-c4ccccc4F)c(Cl)cc32)CC1C.C=CC(=O)N1CC(C)N(c2nc(=O)n(-c3c(C(C)C)nc(C#N)nc3C(C)C)c3nc(-c4ccccc4F)c(Cl)cc23)CC1C.